The molecule has 0 fully saturated rings. The molecule has 0 spiro atoms. The number of benzene rings is 6. The molecule has 0 radical (unpaired) electrons. The van der Waals surface area contributed by atoms with Crippen LogP contribution >= 0.6 is 30.4 Å². The Morgan fingerprint density at radius 3 is 0.744 bits per heavy atom. The topological polar surface area (TPSA) is 186 Å². The maximum Gasteiger partial charge on any atom is 0.373 e. The van der Waals surface area contributed by atoms with E-state index in [0.717, 1.165) is 83.0 Å². The Morgan fingerprint density at radius 1 is 0.308 bits per heavy atom. The van der Waals surface area contributed by atoms with Gasteiger partial charge in [-0.15, -0.1) is 0 Å². The van der Waals surface area contributed by atoms with Gasteiger partial charge in [0.15, 0.2) is 0 Å². The van der Waals surface area contributed by atoms with Gasteiger partial charge >= 0.3 is 30.4 Å². The zero-order valence-corrected chi connectivity index (χ0v) is 46.8. The highest BCUT2D eigenvalue weighted by Gasteiger charge is 2.57. The summed E-state index contributed by atoms with van der Waals surface area (Å²) >= 11 is 0. The lowest BCUT2D eigenvalue weighted by atomic mass is 9.74. The molecule has 78 heavy (non-hydrogen) atoms. The smallest absolute Gasteiger partial charge is 0.373 e. The van der Waals surface area contributed by atoms with E-state index in [-0.39, 0.29) is 47.3 Å². The van der Waals surface area contributed by atoms with Crippen molar-refractivity contribution < 1.29 is 55.9 Å². The van der Waals surface area contributed by atoms with Crippen LogP contribution in [0, 0.1) is 0 Å². The summed E-state index contributed by atoms with van der Waals surface area (Å²) < 4.78 is 74.7. The Morgan fingerprint density at radius 2 is 0.513 bits per heavy atom. The van der Waals surface area contributed by atoms with E-state index >= 15 is 0 Å². The summed E-state index contributed by atoms with van der Waals surface area (Å²) in [6.07, 6.45) is 13.8. The predicted molar refractivity (Wildman–Crippen MR) is 296 cm³/mol. The molecule has 18 rings (SSSR count). The Labute approximate surface area is 451 Å². The minimum atomic E-state index is -3.98. The van der Waals surface area contributed by atoms with Gasteiger partial charge in [-0.05, 0) is 105 Å². The van der Waals surface area contributed by atoms with Crippen LogP contribution < -0.4 is 18.1 Å². The number of fused-ring (bicyclic) bond motifs is 42. The molecule has 16 heteroatoms. The van der Waals surface area contributed by atoms with E-state index in [0.29, 0.717) is 46.7 Å². The summed E-state index contributed by atoms with van der Waals surface area (Å²) in [5.41, 5.74) is 23.4. The third-order valence-corrected chi connectivity index (χ3v) is 22.2. The Bertz CT molecular complexity index is 3660. The molecule has 16 atom stereocenters. The number of hydrogen-bond donors (Lipinski definition) is 4. The minimum Gasteiger partial charge on any atom is -0.424 e. The Hall–Kier alpha value is -5.24. The molecule has 0 amide bonds. The molecule has 6 aromatic carbocycles. The second kappa shape index (κ2) is 15.4. The maximum absolute atomic E-state index is 13.3. The number of allylic oxidation sites excluding steroid dienone is 4. The zero-order valence-electron chi connectivity index (χ0n) is 43.3. The van der Waals surface area contributed by atoms with E-state index in [1.165, 1.54) is 93.4 Å². The average Bonchev–Trinajstić information content (AvgIpc) is 3.63. The lowest BCUT2D eigenvalue weighted by Crippen LogP contribution is -2.16. The van der Waals surface area contributed by atoms with Gasteiger partial charge in [0.25, 0.3) is 0 Å². The van der Waals surface area contributed by atoms with E-state index in [1.807, 2.05) is 0 Å². The first kappa shape index (κ1) is 47.6. The van der Waals surface area contributed by atoms with E-state index in [2.05, 4.69) is 97.1 Å². The van der Waals surface area contributed by atoms with Gasteiger partial charge < -0.3 is 37.7 Å². The Balaban J connectivity index is 0.000000159. The van der Waals surface area contributed by atoms with Crippen molar-refractivity contribution in [1.29, 1.82) is 0 Å². The van der Waals surface area contributed by atoms with Crippen molar-refractivity contribution in [1.82, 2.24) is 0 Å². The van der Waals surface area contributed by atoms with Crippen molar-refractivity contribution in [2.24, 2.45) is 0 Å². The molecule has 0 heterocycles. The lowest BCUT2D eigenvalue weighted by Gasteiger charge is -2.33. The molecule has 12 bridgehead atoms. The molecule has 0 aromatic heterocycles. The highest BCUT2D eigenvalue weighted by atomic mass is 31.2. The van der Waals surface area contributed by atoms with Crippen LogP contribution in [0.25, 0.3) is 0 Å². The third-order valence-electron chi connectivity index (χ3n) is 20.2. The molecule has 6 aromatic rings. The highest BCUT2D eigenvalue weighted by Crippen LogP contribution is 2.74. The molecular formula is C62H56O12P4. The molecule has 0 aliphatic heterocycles. The van der Waals surface area contributed by atoms with Gasteiger partial charge in [-0.3, -0.25) is 0 Å². The molecule has 4 unspecified atom stereocenters. The quantitative estimate of drug-likeness (QED) is 0.0836. The minimum absolute atomic E-state index is 0.0512. The van der Waals surface area contributed by atoms with Crippen molar-refractivity contribution in [2.45, 2.75) is 110 Å². The fourth-order valence-electron chi connectivity index (χ4n) is 18.0. The van der Waals surface area contributed by atoms with Gasteiger partial charge in [0.05, 0.1) is 0 Å². The molecule has 4 N–H and O–H groups in total. The SMILES string of the molecule is CP(=O)(O)Oc1c2c(c(OP(C)(=O)O)c3c1[C@H]1C=C[C@@H]3C1)[C@H]1C=C[C@@H]2C1.CP(=O)(O)Oc1c2c(c(OP(C)(=O)O)c3c1[C@H]1C[C@@H]3c3cc4c(cc31)[C@H]1C[C@@H]4c3ccccc31)[C@H]1C[C@@H]2c2cc3c(cc21)[C@H]1C[C@@H]3c2ccccc21. The summed E-state index contributed by atoms with van der Waals surface area (Å²) in [6, 6.07) is 27.4. The first-order chi connectivity index (χ1) is 37.1. The first-order valence-electron chi connectivity index (χ1n) is 27.5. The molecule has 0 saturated heterocycles. The molecule has 0 saturated carbocycles. The molecule has 12 nitrogen and oxygen atoms in total. The van der Waals surface area contributed by atoms with E-state index in [1.54, 1.807) is 0 Å². The van der Waals surface area contributed by atoms with Gasteiger partial charge in [-0.1, -0.05) is 97.1 Å². The second-order valence-electron chi connectivity index (χ2n) is 24.7. The molecule has 12 aliphatic carbocycles. The van der Waals surface area contributed by atoms with Crippen LogP contribution in [0.5, 0.6) is 23.0 Å². The number of hydrogen-bond acceptors (Lipinski definition) is 8. The van der Waals surface area contributed by atoms with Crippen LogP contribution in [0.3, 0.4) is 0 Å². The van der Waals surface area contributed by atoms with Crippen LogP contribution in [0.4, 0.5) is 0 Å². The standard InChI is InChI=1S/C44H36O6P2.C18H20O6P2/c1-51(45,46)49-43-39-35-17-37(33-15-29-25-11-23(27(29)13-31(33)35)19-7-3-5-9-21(19)25)41(39)44(50-52(2,47)48)42-38-18-36(40(42)43)32-14-28-24-12-26(30(28)16-34(32)38)22-10-6-4-8-20(22)24;1-25(19,20)23-17-13-9-3-5-11(7-9)15(13)18(24-26(2,21)22)16-12-6-4-10(8-12)14(16)17/h3-10,13-16,23-26,35-38H,11-12,17-18H2,1-2H3,(H,45,46)(H,47,48);3-6,9-12H,7-8H2,1-2H3,(H,19,20)(H,21,22)/t23-,24+,25+,26-,35-,36+,37+,38-;9-,10+,11+,12-. The number of rotatable bonds is 8. The normalized spacial score (nSPS) is 31.8. The summed E-state index contributed by atoms with van der Waals surface area (Å²) in [7, 11) is -15.5. The van der Waals surface area contributed by atoms with Crippen molar-refractivity contribution in [3.05, 3.63) is 208 Å². The van der Waals surface area contributed by atoms with Crippen molar-refractivity contribution in [3.8, 4) is 23.0 Å². The van der Waals surface area contributed by atoms with Crippen molar-refractivity contribution in [2.75, 3.05) is 26.7 Å². The summed E-state index contributed by atoms with van der Waals surface area (Å²) in [4.78, 5) is 41.7. The Kier molecular flexibility index (Phi) is 9.39. The van der Waals surface area contributed by atoms with Gasteiger partial charge in [-0.25, -0.2) is 18.3 Å². The predicted octanol–water partition coefficient (Wildman–Crippen LogP) is 14.4. The largest absolute Gasteiger partial charge is 0.424 e. The summed E-state index contributed by atoms with van der Waals surface area (Å²) in [5.74, 6) is 3.72. The van der Waals surface area contributed by atoms with Crippen LogP contribution in [-0.2, 0) is 18.3 Å². The molecule has 12 aliphatic rings. The van der Waals surface area contributed by atoms with Crippen molar-refractivity contribution >= 4 is 30.4 Å². The second-order valence-corrected chi connectivity index (χ2v) is 31.9. The van der Waals surface area contributed by atoms with Crippen LogP contribution in [0.2, 0.25) is 0 Å². The van der Waals surface area contributed by atoms with Crippen LogP contribution in [0.15, 0.2) is 97.1 Å². The highest BCUT2D eigenvalue weighted by molar-refractivity contribution is 7.53. The van der Waals surface area contributed by atoms with E-state index in [4.69, 9.17) is 18.1 Å². The van der Waals surface area contributed by atoms with Gasteiger partial charge in [-0.2, -0.15) is 0 Å². The van der Waals surface area contributed by atoms with Crippen LogP contribution in [0.1, 0.15) is 221 Å². The zero-order chi connectivity index (χ0) is 53.2. The van der Waals surface area contributed by atoms with Crippen LogP contribution in [-0.4, -0.2) is 46.2 Å². The maximum atomic E-state index is 13.3. The average molecular weight is 1120 g/mol. The van der Waals surface area contributed by atoms with Gasteiger partial charge in [0.2, 0.25) is 0 Å². The lowest BCUT2D eigenvalue weighted by molar-refractivity contribution is 0.376. The first-order valence-corrected chi connectivity index (χ1v) is 35.6. The van der Waals surface area contributed by atoms with E-state index in [9.17, 15) is 37.8 Å². The summed E-state index contributed by atoms with van der Waals surface area (Å²) in [6.45, 7) is 4.93. The molecular weight excluding hydrogens is 1060 g/mol. The summed E-state index contributed by atoms with van der Waals surface area (Å²) in [5, 5.41) is 0. The van der Waals surface area contributed by atoms with E-state index < -0.39 is 30.4 Å². The van der Waals surface area contributed by atoms with Gasteiger partial charge in [0.1, 0.15) is 23.0 Å². The fraction of sp³-hybridized carbons (Fsp3) is 0.355. The van der Waals surface area contributed by atoms with Gasteiger partial charge in [0, 0.05) is 142 Å². The third kappa shape index (κ3) is 6.47. The van der Waals surface area contributed by atoms with Crippen molar-refractivity contribution in [3.63, 3.8) is 0 Å². The fourth-order valence-corrected chi connectivity index (χ4v) is 20.2. The monoisotopic (exact) mass is 1120 g/mol. The molecule has 396 valence electrons.